The Morgan fingerprint density at radius 3 is 2.74 bits per heavy atom. The second kappa shape index (κ2) is 7.50. The summed E-state index contributed by atoms with van der Waals surface area (Å²) in [5.41, 5.74) is 1.35. The van der Waals surface area contributed by atoms with Crippen LogP contribution in [0.25, 0.3) is 0 Å². The van der Waals surface area contributed by atoms with Crippen molar-refractivity contribution < 1.29 is 14.3 Å². The van der Waals surface area contributed by atoms with Crippen LogP contribution in [0.5, 0.6) is 11.5 Å². The summed E-state index contributed by atoms with van der Waals surface area (Å²) in [5, 5.41) is 7.14. The molecule has 1 amide bonds. The lowest BCUT2D eigenvalue weighted by Gasteiger charge is -2.18. The van der Waals surface area contributed by atoms with Gasteiger partial charge in [0.1, 0.15) is 17.2 Å². The summed E-state index contributed by atoms with van der Waals surface area (Å²) in [6.45, 7) is 4.45. The molecule has 2 rings (SSSR count). The minimum atomic E-state index is -0.250. The first-order chi connectivity index (χ1) is 11.0. The summed E-state index contributed by atoms with van der Waals surface area (Å²) >= 11 is 3.37. The first-order valence-electron chi connectivity index (χ1n) is 7.25. The van der Waals surface area contributed by atoms with Crippen molar-refractivity contribution >= 4 is 21.8 Å². The molecule has 0 aliphatic heterocycles. The van der Waals surface area contributed by atoms with Gasteiger partial charge in [0.05, 0.1) is 30.9 Å². The van der Waals surface area contributed by atoms with E-state index in [0.717, 1.165) is 5.56 Å². The fourth-order valence-electron chi connectivity index (χ4n) is 2.35. The summed E-state index contributed by atoms with van der Waals surface area (Å²) in [7, 11) is 3.20. The summed E-state index contributed by atoms with van der Waals surface area (Å²) in [5.74, 6) is 1.21. The van der Waals surface area contributed by atoms with Crippen LogP contribution in [0.3, 0.4) is 0 Å². The highest BCUT2D eigenvalue weighted by Gasteiger charge is 2.20. The Bertz CT molecular complexity index is 700. The molecular weight excluding hydrogens is 362 g/mol. The monoisotopic (exact) mass is 381 g/mol. The number of benzene rings is 1. The van der Waals surface area contributed by atoms with E-state index in [1.54, 1.807) is 25.1 Å². The minimum absolute atomic E-state index is 0.200. The van der Waals surface area contributed by atoms with Gasteiger partial charge in [-0.25, -0.2) is 0 Å². The number of ether oxygens (including phenoxy) is 2. The zero-order chi connectivity index (χ0) is 17.0. The lowest BCUT2D eigenvalue weighted by atomic mass is 10.1. The van der Waals surface area contributed by atoms with Crippen molar-refractivity contribution in [1.82, 2.24) is 15.1 Å². The number of rotatable bonds is 6. The molecule has 0 spiro atoms. The van der Waals surface area contributed by atoms with Gasteiger partial charge in [0.15, 0.2) is 0 Å². The van der Waals surface area contributed by atoms with Crippen LogP contribution in [0.15, 0.2) is 28.9 Å². The molecule has 1 atom stereocenters. The van der Waals surface area contributed by atoms with Gasteiger partial charge in [-0.2, -0.15) is 5.10 Å². The zero-order valence-corrected chi connectivity index (χ0v) is 15.2. The van der Waals surface area contributed by atoms with Crippen molar-refractivity contribution in [2.45, 2.75) is 26.4 Å². The van der Waals surface area contributed by atoms with Gasteiger partial charge in [0.25, 0.3) is 5.91 Å². The summed E-state index contributed by atoms with van der Waals surface area (Å²) in [4.78, 5) is 12.6. The van der Waals surface area contributed by atoms with Crippen molar-refractivity contribution in [3.05, 3.63) is 40.1 Å². The Morgan fingerprint density at radius 2 is 2.13 bits per heavy atom. The number of nitrogens with one attached hydrogen (secondary N) is 1. The number of nitrogens with zero attached hydrogens (tertiary/aromatic N) is 2. The molecule has 1 aromatic heterocycles. The molecule has 23 heavy (non-hydrogen) atoms. The van der Waals surface area contributed by atoms with Crippen molar-refractivity contribution in [3.8, 4) is 11.5 Å². The second-order valence-electron chi connectivity index (χ2n) is 4.96. The third-order valence-electron chi connectivity index (χ3n) is 3.56. The zero-order valence-electron chi connectivity index (χ0n) is 13.6. The highest BCUT2D eigenvalue weighted by Crippen LogP contribution is 2.29. The fraction of sp³-hybridized carbons (Fsp3) is 0.375. The van der Waals surface area contributed by atoms with Gasteiger partial charge in [-0.15, -0.1) is 0 Å². The van der Waals surface area contributed by atoms with Crippen molar-refractivity contribution in [2.75, 3.05) is 14.2 Å². The highest BCUT2D eigenvalue weighted by atomic mass is 79.9. The van der Waals surface area contributed by atoms with Gasteiger partial charge >= 0.3 is 0 Å². The number of amides is 1. The maximum Gasteiger partial charge on any atom is 0.271 e. The quantitative estimate of drug-likeness (QED) is 0.834. The van der Waals surface area contributed by atoms with Gasteiger partial charge in [0.2, 0.25) is 0 Å². The molecule has 1 unspecified atom stereocenters. The predicted molar refractivity (Wildman–Crippen MR) is 91.0 cm³/mol. The predicted octanol–water partition coefficient (Wildman–Crippen LogP) is 3.17. The van der Waals surface area contributed by atoms with E-state index in [2.05, 4.69) is 26.3 Å². The van der Waals surface area contributed by atoms with Crippen LogP contribution in [0.1, 0.15) is 35.9 Å². The molecular formula is C16H20BrN3O3. The Labute approximate surface area is 143 Å². The van der Waals surface area contributed by atoms with E-state index in [0.29, 0.717) is 28.2 Å². The molecule has 0 aliphatic rings. The molecule has 1 heterocycles. The van der Waals surface area contributed by atoms with Crippen LogP contribution in [0, 0.1) is 0 Å². The normalized spacial score (nSPS) is 11.9. The number of carbonyl (C=O) groups is 1. The Balaban J connectivity index is 2.26. The van der Waals surface area contributed by atoms with Gasteiger partial charge in [0, 0.05) is 12.1 Å². The van der Waals surface area contributed by atoms with Gasteiger partial charge < -0.3 is 14.8 Å². The van der Waals surface area contributed by atoms with E-state index in [9.17, 15) is 4.79 Å². The number of aryl methyl sites for hydroxylation is 1. The third-order valence-corrected chi connectivity index (χ3v) is 4.14. The molecule has 124 valence electrons. The van der Waals surface area contributed by atoms with Crippen LogP contribution >= 0.6 is 15.9 Å². The standard InChI is InChI=1S/C16H20BrN3O3/c1-5-20-15(13(17)9-18-20)16(21)19-10(2)12-8-11(22-3)6-7-14(12)23-4/h6-10H,5H2,1-4H3,(H,19,21). The molecule has 0 fully saturated rings. The maximum atomic E-state index is 12.6. The smallest absolute Gasteiger partial charge is 0.271 e. The Hall–Kier alpha value is -2.02. The van der Waals surface area contributed by atoms with Crippen LogP contribution in [0.4, 0.5) is 0 Å². The Morgan fingerprint density at radius 1 is 1.39 bits per heavy atom. The summed E-state index contributed by atoms with van der Waals surface area (Å²) in [6, 6.07) is 5.25. The molecule has 7 heteroatoms. The molecule has 1 aromatic carbocycles. The van der Waals surface area contributed by atoms with E-state index in [1.165, 1.54) is 0 Å². The average molecular weight is 382 g/mol. The highest BCUT2D eigenvalue weighted by molar-refractivity contribution is 9.10. The van der Waals surface area contributed by atoms with E-state index in [1.807, 2.05) is 32.0 Å². The van der Waals surface area contributed by atoms with Gasteiger partial charge in [-0.1, -0.05) is 0 Å². The van der Waals surface area contributed by atoms with E-state index >= 15 is 0 Å². The van der Waals surface area contributed by atoms with Crippen molar-refractivity contribution in [3.63, 3.8) is 0 Å². The summed E-state index contributed by atoms with van der Waals surface area (Å²) < 4.78 is 12.9. The lowest BCUT2D eigenvalue weighted by Crippen LogP contribution is -2.29. The van der Waals surface area contributed by atoms with Gasteiger partial charge in [-0.05, 0) is 48.0 Å². The van der Waals surface area contributed by atoms with Crippen LogP contribution in [0.2, 0.25) is 0 Å². The third kappa shape index (κ3) is 3.67. The van der Waals surface area contributed by atoms with E-state index in [-0.39, 0.29) is 11.9 Å². The topological polar surface area (TPSA) is 65.4 Å². The number of methoxy groups -OCH3 is 2. The molecule has 6 nitrogen and oxygen atoms in total. The Kier molecular flexibility index (Phi) is 5.65. The summed E-state index contributed by atoms with van der Waals surface area (Å²) in [6.07, 6.45) is 1.62. The SMILES string of the molecule is CCn1ncc(Br)c1C(=O)NC(C)c1cc(OC)ccc1OC. The largest absolute Gasteiger partial charge is 0.497 e. The van der Waals surface area contributed by atoms with Crippen LogP contribution in [-0.4, -0.2) is 29.9 Å². The first-order valence-corrected chi connectivity index (χ1v) is 8.05. The fourth-order valence-corrected chi connectivity index (χ4v) is 2.82. The molecule has 0 saturated carbocycles. The first kappa shape index (κ1) is 17.3. The number of halogens is 1. The van der Waals surface area contributed by atoms with Crippen LogP contribution in [-0.2, 0) is 6.54 Å². The molecule has 2 aromatic rings. The molecule has 1 N–H and O–H groups in total. The van der Waals surface area contributed by atoms with E-state index in [4.69, 9.17) is 9.47 Å². The average Bonchev–Trinajstić information content (AvgIpc) is 2.94. The van der Waals surface area contributed by atoms with E-state index < -0.39 is 0 Å². The molecule has 0 saturated heterocycles. The maximum absolute atomic E-state index is 12.6. The van der Waals surface area contributed by atoms with Crippen LogP contribution < -0.4 is 14.8 Å². The molecule has 0 radical (unpaired) electrons. The number of carbonyl (C=O) groups excluding carboxylic acids is 1. The minimum Gasteiger partial charge on any atom is -0.497 e. The number of hydrogen-bond acceptors (Lipinski definition) is 4. The van der Waals surface area contributed by atoms with Crippen molar-refractivity contribution in [1.29, 1.82) is 0 Å². The number of hydrogen-bond donors (Lipinski definition) is 1. The lowest BCUT2D eigenvalue weighted by molar-refractivity contribution is 0.0928. The number of aromatic nitrogens is 2. The van der Waals surface area contributed by atoms with Crippen molar-refractivity contribution in [2.24, 2.45) is 0 Å². The molecule has 0 aliphatic carbocycles. The van der Waals surface area contributed by atoms with Gasteiger partial charge in [-0.3, -0.25) is 9.48 Å². The molecule has 0 bridgehead atoms. The second-order valence-corrected chi connectivity index (χ2v) is 5.81.